The van der Waals surface area contributed by atoms with E-state index in [0.717, 1.165) is 25.9 Å². The first kappa shape index (κ1) is 17.4. The number of nitrogens with two attached hydrogens (primary N) is 1. The summed E-state index contributed by atoms with van der Waals surface area (Å²) in [5.41, 5.74) is 5.36. The van der Waals surface area contributed by atoms with Crippen LogP contribution >= 0.6 is 0 Å². The van der Waals surface area contributed by atoms with Gasteiger partial charge in [0.25, 0.3) is 0 Å². The summed E-state index contributed by atoms with van der Waals surface area (Å²) in [5, 5.41) is 7.48. The number of ether oxygens (including phenoxy) is 1. The van der Waals surface area contributed by atoms with Crippen LogP contribution in [0.3, 0.4) is 0 Å². The Kier molecular flexibility index (Phi) is 9.08. The Labute approximate surface area is 113 Å². The van der Waals surface area contributed by atoms with Crippen LogP contribution in [0, 0.1) is 10.8 Å². The Balaban J connectivity index is 3.51. The number of nitrogens with one attached hydrogen (secondary N) is 1. The van der Waals surface area contributed by atoms with Crippen LogP contribution in [-0.4, -0.2) is 18.5 Å². The molecule has 0 aromatic rings. The van der Waals surface area contributed by atoms with Gasteiger partial charge in [0.05, 0.1) is 11.9 Å². The molecule has 0 saturated heterocycles. The summed E-state index contributed by atoms with van der Waals surface area (Å²) < 4.78 is 5.79. The van der Waals surface area contributed by atoms with Crippen LogP contribution < -0.4 is 5.73 Å². The zero-order valence-electron chi connectivity index (χ0n) is 12.7. The summed E-state index contributed by atoms with van der Waals surface area (Å²) in [6.07, 6.45) is 8.64. The number of hydrogen-bond donors (Lipinski definition) is 2. The third kappa shape index (κ3) is 8.51. The molecule has 0 spiro atoms. The summed E-state index contributed by atoms with van der Waals surface area (Å²) in [6.45, 7) is 9.21. The van der Waals surface area contributed by atoms with Crippen LogP contribution in [0.4, 0.5) is 0 Å². The van der Waals surface area contributed by atoms with Crippen molar-refractivity contribution in [3.8, 4) is 0 Å². The van der Waals surface area contributed by atoms with Crippen LogP contribution in [0.1, 0.15) is 72.6 Å². The zero-order chi connectivity index (χ0) is 14.0. The summed E-state index contributed by atoms with van der Waals surface area (Å²) in [6, 6.07) is 0. The molecule has 0 aliphatic rings. The van der Waals surface area contributed by atoms with Crippen molar-refractivity contribution in [2.45, 2.75) is 78.7 Å². The second-order valence-electron chi connectivity index (χ2n) is 5.93. The van der Waals surface area contributed by atoms with Gasteiger partial charge in [0.15, 0.2) is 0 Å². The fraction of sp³-hybridized carbons (Fsp3) is 0.933. The molecule has 0 bridgehead atoms. The smallest absolute Gasteiger partial charge is 0.0963 e. The van der Waals surface area contributed by atoms with Crippen LogP contribution in [0.15, 0.2) is 0 Å². The average Bonchev–Trinajstić information content (AvgIpc) is 2.30. The van der Waals surface area contributed by atoms with Crippen molar-refractivity contribution in [2.75, 3.05) is 6.61 Å². The standard InChI is InChI=1S/C15H32N2O/c1-5-6-7-8-10-13(2)18-12-9-11-15(3,4)14(16)17/h13H,5-12H2,1-4H3,(H3,16,17). The molecular formula is C15H32N2O. The van der Waals surface area contributed by atoms with Gasteiger partial charge in [-0.15, -0.1) is 0 Å². The number of amidine groups is 1. The lowest BCUT2D eigenvalue weighted by Gasteiger charge is -2.23. The van der Waals surface area contributed by atoms with Crippen LogP contribution in [0.2, 0.25) is 0 Å². The highest BCUT2D eigenvalue weighted by atomic mass is 16.5. The average molecular weight is 256 g/mol. The molecule has 1 atom stereocenters. The Morgan fingerprint density at radius 1 is 1.22 bits per heavy atom. The van der Waals surface area contributed by atoms with E-state index in [1.165, 1.54) is 25.7 Å². The van der Waals surface area contributed by atoms with Crippen molar-refractivity contribution >= 4 is 5.84 Å². The van der Waals surface area contributed by atoms with Gasteiger partial charge in [-0.1, -0.05) is 46.5 Å². The Morgan fingerprint density at radius 2 is 1.89 bits per heavy atom. The highest BCUT2D eigenvalue weighted by Crippen LogP contribution is 2.21. The van der Waals surface area contributed by atoms with E-state index in [0.29, 0.717) is 6.10 Å². The van der Waals surface area contributed by atoms with E-state index in [2.05, 4.69) is 13.8 Å². The van der Waals surface area contributed by atoms with E-state index in [1.807, 2.05) is 13.8 Å². The quantitative estimate of drug-likeness (QED) is 0.332. The first-order chi connectivity index (χ1) is 8.40. The zero-order valence-corrected chi connectivity index (χ0v) is 12.7. The number of rotatable bonds is 11. The van der Waals surface area contributed by atoms with Crippen molar-refractivity contribution in [1.82, 2.24) is 0 Å². The summed E-state index contributed by atoms with van der Waals surface area (Å²) in [7, 11) is 0. The minimum Gasteiger partial charge on any atom is -0.387 e. The van der Waals surface area contributed by atoms with Crippen molar-refractivity contribution in [3.05, 3.63) is 0 Å². The van der Waals surface area contributed by atoms with Gasteiger partial charge < -0.3 is 10.5 Å². The van der Waals surface area contributed by atoms with E-state index in [9.17, 15) is 0 Å². The van der Waals surface area contributed by atoms with Gasteiger partial charge in [-0.2, -0.15) is 0 Å². The summed E-state index contributed by atoms with van der Waals surface area (Å²) in [5.74, 6) is 0.273. The maximum atomic E-state index is 7.48. The van der Waals surface area contributed by atoms with Gasteiger partial charge in [-0.05, 0) is 26.2 Å². The fourth-order valence-electron chi connectivity index (χ4n) is 1.88. The van der Waals surface area contributed by atoms with Gasteiger partial charge >= 0.3 is 0 Å². The predicted octanol–water partition coefficient (Wildman–Crippen LogP) is 4.10. The predicted molar refractivity (Wildman–Crippen MR) is 79.1 cm³/mol. The maximum absolute atomic E-state index is 7.48. The van der Waals surface area contributed by atoms with Gasteiger partial charge in [-0.25, -0.2) is 0 Å². The highest BCUT2D eigenvalue weighted by molar-refractivity contribution is 5.82. The van der Waals surface area contributed by atoms with Crippen molar-refractivity contribution in [3.63, 3.8) is 0 Å². The molecule has 0 amide bonds. The normalized spacial score (nSPS) is 13.6. The molecule has 0 heterocycles. The fourth-order valence-corrected chi connectivity index (χ4v) is 1.88. The highest BCUT2D eigenvalue weighted by Gasteiger charge is 2.20. The molecule has 3 heteroatoms. The molecule has 3 N–H and O–H groups in total. The second-order valence-corrected chi connectivity index (χ2v) is 5.93. The third-order valence-electron chi connectivity index (χ3n) is 3.54. The first-order valence-corrected chi connectivity index (χ1v) is 7.36. The lowest BCUT2D eigenvalue weighted by molar-refractivity contribution is 0.0533. The number of unbranched alkanes of at least 4 members (excludes halogenated alkanes) is 3. The van der Waals surface area contributed by atoms with E-state index >= 15 is 0 Å². The molecular weight excluding hydrogens is 224 g/mol. The molecule has 3 nitrogen and oxygen atoms in total. The lowest BCUT2D eigenvalue weighted by atomic mass is 9.87. The summed E-state index contributed by atoms with van der Waals surface area (Å²) >= 11 is 0. The Hall–Kier alpha value is -0.570. The molecule has 0 aliphatic carbocycles. The minimum absolute atomic E-state index is 0.187. The molecule has 0 aliphatic heterocycles. The van der Waals surface area contributed by atoms with Crippen molar-refractivity contribution in [1.29, 1.82) is 5.41 Å². The van der Waals surface area contributed by atoms with Crippen molar-refractivity contribution in [2.24, 2.45) is 11.1 Å². The third-order valence-corrected chi connectivity index (χ3v) is 3.54. The van der Waals surface area contributed by atoms with Gasteiger partial charge in [0.1, 0.15) is 0 Å². The monoisotopic (exact) mass is 256 g/mol. The van der Waals surface area contributed by atoms with E-state index < -0.39 is 0 Å². The molecule has 0 fully saturated rings. The number of hydrogen-bond acceptors (Lipinski definition) is 2. The molecule has 108 valence electrons. The maximum Gasteiger partial charge on any atom is 0.0963 e. The van der Waals surface area contributed by atoms with Gasteiger partial charge in [-0.3, -0.25) is 5.41 Å². The van der Waals surface area contributed by atoms with Crippen LogP contribution in [0.25, 0.3) is 0 Å². The van der Waals surface area contributed by atoms with Gasteiger partial charge in [0.2, 0.25) is 0 Å². The van der Waals surface area contributed by atoms with E-state index in [4.69, 9.17) is 15.9 Å². The molecule has 0 aromatic carbocycles. The molecule has 0 aromatic heterocycles. The molecule has 0 radical (unpaired) electrons. The Morgan fingerprint density at radius 3 is 2.44 bits per heavy atom. The lowest BCUT2D eigenvalue weighted by Crippen LogP contribution is -2.31. The SMILES string of the molecule is CCCCCCC(C)OCCCC(C)(C)C(=N)N. The van der Waals surface area contributed by atoms with E-state index in [1.54, 1.807) is 0 Å². The first-order valence-electron chi connectivity index (χ1n) is 7.36. The van der Waals surface area contributed by atoms with Crippen LogP contribution in [-0.2, 0) is 4.74 Å². The minimum atomic E-state index is -0.187. The summed E-state index contributed by atoms with van der Waals surface area (Å²) in [4.78, 5) is 0. The van der Waals surface area contributed by atoms with Crippen molar-refractivity contribution < 1.29 is 4.74 Å². The van der Waals surface area contributed by atoms with Gasteiger partial charge in [0, 0.05) is 12.0 Å². The second kappa shape index (κ2) is 9.37. The van der Waals surface area contributed by atoms with Crippen LogP contribution in [0.5, 0.6) is 0 Å². The molecule has 1 unspecified atom stereocenters. The largest absolute Gasteiger partial charge is 0.387 e. The topological polar surface area (TPSA) is 59.1 Å². The van der Waals surface area contributed by atoms with E-state index in [-0.39, 0.29) is 11.3 Å². The Bertz CT molecular complexity index is 227. The molecule has 18 heavy (non-hydrogen) atoms. The molecule has 0 saturated carbocycles. The molecule has 0 rings (SSSR count).